The standard InChI is InChI=1S/C49H27N3O2/c50-28-29-13-18-37-36-9-3-6-12-44(36)52(45(37)23-29)33-17-22-49-41(27-33)39-25-31(15-20-47(39)54-49)30-14-19-46-38(24-30)40-26-32(16-21-48(40)53-46)51-42-10-4-1-7-34(42)35-8-2-5-11-43(35)51/h1-27H. The third-order valence-corrected chi connectivity index (χ3v) is 11.1. The van der Waals surface area contributed by atoms with Crippen LogP contribution in [0.3, 0.4) is 0 Å². The van der Waals surface area contributed by atoms with Gasteiger partial charge in [0.25, 0.3) is 0 Å². The largest absolute Gasteiger partial charge is 0.456 e. The summed E-state index contributed by atoms with van der Waals surface area (Å²) in [5, 5.41) is 18.7. The summed E-state index contributed by atoms with van der Waals surface area (Å²) in [6.45, 7) is 0. The van der Waals surface area contributed by atoms with E-state index >= 15 is 0 Å². The zero-order valence-corrected chi connectivity index (χ0v) is 28.7. The third kappa shape index (κ3) is 4.02. The monoisotopic (exact) mass is 689 g/mol. The maximum atomic E-state index is 9.73. The average Bonchev–Trinajstić information content (AvgIpc) is 3.97. The molecule has 4 aromatic heterocycles. The fraction of sp³-hybridized carbons (Fsp3) is 0. The quantitative estimate of drug-likeness (QED) is 0.185. The number of furan rings is 2. The maximum Gasteiger partial charge on any atom is 0.135 e. The smallest absolute Gasteiger partial charge is 0.135 e. The van der Waals surface area contributed by atoms with E-state index < -0.39 is 0 Å². The minimum absolute atomic E-state index is 0.636. The summed E-state index contributed by atoms with van der Waals surface area (Å²) in [6, 6.07) is 59.6. The van der Waals surface area contributed by atoms with Crippen molar-refractivity contribution >= 4 is 87.5 Å². The van der Waals surface area contributed by atoms with Crippen LogP contribution in [0.15, 0.2) is 173 Å². The molecular formula is C49H27N3O2. The Balaban J connectivity index is 1.01. The van der Waals surface area contributed by atoms with Gasteiger partial charge in [-0.15, -0.1) is 0 Å². The van der Waals surface area contributed by atoms with Gasteiger partial charge < -0.3 is 18.0 Å². The highest BCUT2D eigenvalue weighted by molar-refractivity contribution is 6.13. The van der Waals surface area contributed by atoms with Crippen LogP contribution in [0.2, 0.25) is 0 Å². The van der Waals surface area contributed by atoms with Crippen molar-refractivity contribution in [2.75, 3.05) is 0 Å². The van der Waals surface area contributed by atoms with Gasteiger partial charge in [-0.1, -0.05) is 72.8 Å². The van der Waals surface area contributed by atoms with E-state index in [9.17, 15) is 5.26 Å². The SMILES string of the molecule is N#Cc1ccc2c3ccccc3n(-c3ccc4oc5ccc(-c6ccc7oc8ccc(-n9c%10ccccc%10c%10ccccc%109)cc8c7c6)cc5c4c3)c2c1. The van der Waals surface area contributed by atoms with Gasteiger partial charge in [0.2, 0.25) is 0 Å². The van der Waals surface area contributed by atoms with E-state index in [-0.39, 0.29) is 0 Å². The minimum atomic E-state index is 0.636. The summed E-state index contributed by atoms with van der Waals surface area (Å²) in [5.74, 6) is 0. The van der Waals surface area contributed by atoms with Crippen LogP contribution in [0, 0.1) is 11.3 Å². The van der Waals surface area contributed by atoms with Crippen LogP contribution in [-0.2, 0) is 0 Å². The molecule has 8 aromatic carbocycles. The minimum Gasteiger partial charge on any atom is -0.456 e. The molecule has 0 aliphatic carbocycles. The van der Waals surface area contributed by atoms with E-state index in [1.54, 1.807) is 0 Å². The summed E-state index contributed by atoms with van der Waals surface area (Å²) in [7, 11) is 0. The van der Waals surface area contributed by atoms with Gasteiger partial charge in [-0.25, -0.2) is 0 Å². The van der Waals surface area contributed by atoms with E-state index in [4.69, 9.17) is 8.83 Å². The molecule has 0 amide bonds. The molecule has 12 aromatic rings. The molecule has 5 nitrogen and oxygen atoms in total. The Hall–Kier alpha value is -7.55. The molecule has 5 heteroatoms. The van der Waals surface area contributed by atoms with Crippen molar-refractivity contribution in [3.8, 4) is 28.6 Å². The molecule has 0 atom stereocenters. The molecule has 250 valence electrons. The van der Waals surface area contributed by atoms with Crippen LogP contribution in [-0.4, -0.2) is 9.13 Å². The summed E-state index contributed by atoms with van der Waals surface area (Å²) < 4.78 is 17.4. The van der Waals surface area contributed by atoms with Gasteiger partial charge in [0.05, 0.1) is 33.7 Å². The van der Waals surface area contributed by atoms with E-state index in [0.29, 0.717) is 5.56 Å². The molecule has 0 saturated carbocycles. The van der Waals surface area contributed by atoms with Gasteiger partial charge in [0.1, 0.15) is 22.3 Å². The first kappa shape index (κ1) is 29.1. The number of aromatic nitrogens is 2. The second-order valence-electron chi connectivity index (χ2n) is 14.1. The number of para-hydroxylation sites is 3. The highest BCUT2D eigenvalue weighted by Gasteiger charge is 2.17. The molecule has 0 bridgehead atoms. The number of nitrogens with zero attached hydrogens (tertiary/aromatic N) is 3. The number of hydrogen-bond donors (Lipinski definition) is 0. The van der Waals surface area contributed by atoms with Gasteiger partial charge in [0.15, 0.2) is 0 Å². The Kier molecular flexibility index (Phi) is 5.78. The van der Waals surface area contributed by atoms with E-state index in [2.05, 4.69) is 167 Å². The Bertz CT molecular complexity index is 3530. The number of benzene rings is 8. The molecule has 0 N–H and O–H groups in total. The van der Waals surface area contributed by atoms with Gasteiger partial charge in [-0.3, -0.25) is 0 Å². The topological polar surface area (TPSA) is 59.9 Å². The lowest BCUT2D eigenvalue weighted by Crippen LogP contribution is -1.93. The summed E-state index contributed by atoms with van der Waals surface area (Å²) in [6.07, 6.45) is 0. The van der Waals surface area contributed by atoms with Gasteiger partial charge >= 0.3 is 0 Å². The van der Waals surface area contributed by atoms with Crippen LogP contribution in [0.25, 0.3) is 110 Å². The number of nitriles is 1. The Morgan fingerprint density at radius 3 is 1.24 bits per heavy atom. The summed E-state index contributed by atoms with van der Waals surface area (Å²) in [4.78, 5) is 0. The van der Waals surface area contributed by atoms with Crippen molar-refractivity contribution < 1.29 is 8.83 Å². The van der Waals surface area contributed by atoms with Crippen LogP contribution < -0.4 is 0 Å². The Morgan fingerprint density at radius 1 is 0.352 bits per heavy atom. The molecule has 12 rings (SSSR count). The van der Waals surface area contributed by atoms with Crippen molar-refractivity contribution in [3.05, 3.63) is 169 Å². The summed E-state index contributed by atoms with van der Waals surface area (Å²) in [5.41, 5.74) is 12.8. The Morgan fingerprint density at radius 2 is 0.759 bits per heavy atom. The fourth-order valence-electron chi connectivity index (χ4n) is 8.69. The zero-order valence-electron chi connectivity index (χ0n) is 28.7. The normalized spacial score (nSPS) is 12.1. The highest BCUT2D eigenvalue weighted by Crippen LogP contribution is 2.40. The average molecular weight is 690 g/mol. The number of fused-ring (bicyclic) bond motifs is 12. The van der Waals surface area contributed by atoms with Crippen LogP contribution >= 0.6 is 0 Å². The van der Waals surface area contributed by atoms with E-state index in [1.807, 2.05) is 12.1 Å². The van der Waals surface area contributed by atoms with Crippen LogP contribution in [0.4, 0.5) is 0 Å². The first-order chi connectivity index (χ1) is 26.7. The first-order valence-corrected chi connectivity index (χ1v) is 18.1. The van der Waals surface area contributed by atoms with Gasteiger partial charge in [0, 0.05) is 54.5 Å². The molecular weight excluding hydrogens is 663 g/mol. The molecule has 0 aliphatic heterocycles. The molecule has 54 heavy (non-hydrogen) atoms. The highest BCUT2D eigenvalue weighted by atomic mass is 16.3. The molecule has 0 spiro atoms. The van der Waals surface area contributed by atoms with Crippen molar-refractivity contribution in [1.29, 1.82) is 5.26 Å². The van der Waals surface area contributed by atoms with Crippen molar-refractivity contribution in [1.82, 2.24) is 9.13 Å². The van der Waals surface area contributed by atoms with Crippen LogP contribution in [0.5, 0.6) is 0 Å². The van der Waals surface area contributed by atoms with Crippen LogP contribution in [0.1, 0.15) is 5.56 Å². The lowest BCUT2D eigenvalue weighted by molar-refractivity contribution is 0.668. The third-order valence-electron chi connectivity index (χ3n) is 11.1. The second kappa shape index (κ2) is 10.7. The van der Waals surface area contributed by atoms with Gasteiger partial charge in [-0.05, 0) is 102 Å². The molecule has 0 fully saturated rings. The van der Waals surface area contributed by atoms with Gasteiger partial charge in [-0.2, -0.15) is 5.26 Å². The number of rotatable bonds is 3. The molecule has 0 aliphatic rings. The fourth-order valence-corrected chi connectivity index (χ4v) is 8.69. The Labute approximate surface area is 307 Å². The number of hydrogen-bond acceptors (Lipinski definition) is 3. The van der Waals surface area contributed by atoms with Crippen molar-refractivity contribution in [2.24, 2.45) is 0 Å². The molecule has 0 radical (unpaired) electrons. The summed E-state index contributed by atoms with van der Waals surface area (Å²) >= 11 is 0. The van der Waals surface area contributed by atoms with E-state index in [0.717, 1.165) is 88.2 Å². The lowest BCUT2D eigenvalue weighted by atomic mass is 10.0. The second-order valence-corrected chi connectivity index (χ2v) is 14.1. The molecule has 0 unspecified atom stereocenters. The van der Waals surface area contributed by atoms with Crippen molar-refractivity contribution in [3.63, 3.8) is 0 Å². The first-order valence-electron chi connectivity index (χ1n) is 18.1. The lowest BCUT2D eigenvalue weighted by Gasteiger charge is -2.08. The maximum absolute atomic E-state index is 9.73. The predicted octanol–water partition coefficient (Wildman–Crippen LogP) is 13.2. The van der Waals surface area contributed by atoms with E-state index in [1.165, 1.54) is 21.8 Å². The molecule has 4 heterocycles. The molecule has 0 saturated heterocycles. The van der Waals surface area contributed by atoms with Crippen molar-refractivity contribution in [2.45, 2.75) is 0 Å². The zero-order chi connectivity index (χ0) is 35.5. The predicted molar refractivity (Wildman–Crippen MR) is 220 cm³/mol.